The van der Waals surface area contributed by atoms with Gasteiger partial charge in [0.2, 0.25) is 0 Å². The zero-order chi connectivity index (χ0) is 26.6. The van der Waals surface area contributed by atoms with Crippen LogP contribution in [0.1, 0.15) is 43.2 Å². The Hall–Kier alpha value is -4.43. The molecule has 0 radical (unpaired) electrons. The van der Waals surface area contributed by atoms with Gasteiger partial charge in [0, 0.05) is 47.4 Å². The Morgan fingerprint density at radius 2 is 1.84 bits per heavy atom. The van der Waals surface area contributed by atoms with Gasteiger partial charge in [-0.1, -0.05) is 29.8 Å². The molecule has 190 valence electrons. The van der Waals surface area contributed by atoms with Crippen molar-refractivity contribution in [2.45, 2.75) is 32.4 Å². The lowest BCUT2D eigenvalue weighted by Gasteiger charge is -2.29. The van der Waals surface area contributed by atoms with E-state index >= 15 is 0 Å². The molecule has 0 fully saturated rings. The first-order chi connectivity index (χ1) is 18.4. The maximum absolute atomic E-state index is 13.7. The zero-order valence-electron chi connectivity index (χ0n) is 20.6. The molecule has 0 spiro atoms. The molecule has 1 atom stereocenters. The van der Waals surface area contributed by atoms with Gasteiger partial charge in [-0.05, 0) is 60.5 Å². The van der Waals surface area contributed by atoms with Crippen LogP contribution in [-0.2, 0) is 24.2 Å². The Balaban J connectivity index is 1.40. The number of benzene rings is 2. The maximum atomic E-state index is 13.7. The van der Waals surface area contributed by atoms with Crippen molar-refractivity contribution in [3.05, 3.63) is 118 Å². The van der Waals surface area contributed by atoms with Crippen molar-refractivity contribution >= 4 is 35.0 Å². The number of ketones is 1. The Bertz CT molecular complexity index is 1490. The standard InChI is InChI=1S/C29H24ClN5O3/c1-18-15-33-27(16-32-18)34-28(37)20-7-5-19(6-8-20)17-35-25(14-23-4-2-3-11-31-23)26(36)13-21-12-22(30)9-10-24(21)29(35)38/h2-12,15-16,25H,13-14,17H2,1H3,(H,33,34,37)/t25-/m1/s1. The number of amides is 2. The monoisotopic (exact) mass is 525 g/mol. The largest absolute Gasteiger partial charge is 0.324 e. The summed E-state index contributed by atoms with van der Waals surface area (Å²) in [4.78, 5) is 54.1. The lowest BCUT2D eigenvalue weighted by atomic mass is 9.99. The Kier molecular flexibility index (Phi) is 7.24. The third-order valence-corrected chi connectivity index (χ3v) is 6.63. The number of carbonyl (C=O) groups excluding carboxylic acids is 3. The van der Waals surface area contributed by atoms with E-state index in [0.717, 1.165) is 17.0 Å². The molecule has 4 aromatic rings. The summed E-state index contributed by atoms with van der Waals surface area (Å²) in [7, 11) is 0. The molecule has 1 N–H and O–H groups in total. The van der Waals surface area contributed by atoms with Crippen LogP contribution >= 0.6 is 11.6 Å². The quantitative estimate of drug-likeness (QED) is 0.398. The summed E-state index contributed by atoms with van der Waals surface area (Å²) in [5.74, 6) is -0.299. The molecule has 0 unspecified atom stereocenters. The number of hydrogen-bond acceptors (Lipinski definition) is 6. The summed E-state index contributed by atoms with van der Waals surface area (Å²) < 4.78 is 0. The van der Waals surface area contributed by atoms with Crippen LogP contribution in [0.4, 0.5) is 5.82 Å². The second kappa shape index (κ2) is 10.9. The highest BCUT2D eigenvalue weighted by Gasteiger charge is 2.35. The number of Topliss-reactive ketones (excluding diaryl/α,β-unsaturated/α-hetero) is 1. The average molecular weight is 526 g/mol. The number of pyridine rings is 1. The number of nitrogens with one attached hydrogen (secondary N) is 1. The molecule has 0 saturated heterocycles. The molecule has 1 aliphatic rings. The predicted octanol–water partition coefficient (Wildman–Crippen LogP) is 4.46. The van der Waals surface area contributed by atoms with Gasteiger partial charge < -0.3 is 10.2 Å². The van der Waals surface area contributed by atoms with Crippen LogP contribution in [0.25, 0.3) is 0 Å². The predicted molar refractivity (Wildman–Crippen MR) is 143 cm³/mol. The molecule has 2 aromatic heterocycles. The number of carbonyl (C=O) groups is 3. The fraction of sp³-hybridized carbons (Fsp3) is 0.172. The van der Waals surface area contributed by atoms with Crippen LogP contribution in [-0.4, -0.2) is 43.5 Å². The summed E-state index contributed by atoms with van der Waals surface area (Å²) in [5, 5.41) is 3.19. The van der Waals surface area contributed by atoms with Gasteiger partial charge in [-0.15, -0.1) is 0 Å². The normalized spacial score (nSPS) is 15.1. The van der Waals surface area contributed by atoms with Crippen LogP contribution < -0.4 is 5.32 Å². The van der Waals surface area contributed by atoms with E-state index in [1.165, 1.54) is 6.20 Å². The van der Waals surface area contributed by atoms with Crippen LogP contribution in [0.5, 0.6) is 0 Å². The molecule has 0 bridgehead atoms. The minimum atomic E-state index is -0.702. The van der Waals surface area contributed by atoms with Gasteiger partial charge in [0.05, 0.1) is 24.1 Å². The molecule has 2 amide bonds. The molecular formula is C29H24ClN5O3. The van der Waals surface area contributed by atoms with Crippen molar-refractivity contribution in [3.8, 4) is 0 Å². The highest BCUT2D eigenvalue weighted by atomic mass is 35.5. The highest BCUT2D eigenvalue weighted by molar-refractivity contribution is 6.30. The Morgan fingerprint density at radius 3 is 2.55 bits per heavy atom. The third-order valence-electron chi connectivity index (χ3n) is 6.39. The first kappa shape index (κ1) is 25.2. The smallest absolute Gasteiger partial charge is 0.256 e. The highest BCUT2D eigenvalue weighted by Crippen LogP contribution is 2.27. The molecule has 8 nitrogen and oxygen atoms in total. The summed E-state index contributed by atoms with van der Waals surface area (Å²) in [5.41, 5.74) is 3.76. The Morgan fingerprint density at radius 1 is 1.03 bits per heavy atom. The molecule has 0 saturated carbocycles. The van der Waals surface area contributed by atoms with Crippen LogP contribution in [0.3, 0.4) is 0 Å². The van der Waals surface area contributed by atoms with E-state index in [0.29, 0.717) is 34.0 Å². The summed E-state index contributed by atoms with van der Waals surface area (Å²) in [6.07, 6.45) is 5.15. The first-order valence-corrected chi connectivity index (χ1v) is 12.5. The fourth-order valence-corrected chi connectivity index (χ4v) is 4.61. The van der Waals surface area contributed by atoms with E-state index in [1.807, 2.05) is 25.1 Å². The number of aromatic nitrogens is 3. The van der Waals surface area contributed by atoms with Gasteiger partial charge in [-0.3, -0.25) is 24.4 Å². The molecule has 0 aliphatic carbocycles. The summed E-state index contributed by atoms with van der Waals surface area (Å²) in [6, 6.07) is 16.7. The molecule has 2 aromatic carbocycles. The molecule has 9 heteroatoms. The van der Waals surface area contributed by atoms with E-state index in [9.17, 15) is 14.4 Å². The van der Waals surface area contributed by atoms with Crippen molar-refractivity contribution in [2.24, 2.45) is 0 Å². The van der Waals surface area contributed by atoms with Crippen molar-refractivity contribution in [3.63, 3.8) is 0 Å². The molecule has 1 aliphatic heterocycles. The SMILES string of the molecule is Cc1cnc(NC(=O)c2ccc(CN3C(=O)c4ccc(Cl)cc4CC(=O)[C@H]3Cc3ccccn3)cc2)cn1. The maximum Gasteiger partial charge on any atom is 0.256 e. The number of rotatable bonds is 6. The molecule has 5 rings (SSSR count). The van der Waals surface area contributed by atoms with Crippen molar-refractivity contribution in [1.82, 2.24) is 19.9 Å². The minimum absolute atomic E-state index is 0.0831. The number of anilines is 1. The number of nitrogens with zero attached hydrogens (tertiary/aromatic N) is 4. The third kappa shape index (κ3) is 5.60. The molecule has 3 heterocycles. The zero-order valence-corrected chi connectivity index (χ0v) is 21.4. The first-order valence-electron chi connectivity index (χ1n) is 12.1. The second-order valence-electron chi connectivity index (χ2n) is 9.11. The molecular weight excluding hydrogens is 502 g/mol. The van der Waals surface area contributed by atoms with Gasteiger partial charge in [-0.25, -0.2) is 4.98 Å². The minimum Gasteiger partial charge on any atom is -0.324 e. The topological polar surface area (TPSA) is 105 Å². The van der Waals surface area contributed by atoms with Crippen LogP contribution in [0, 0.1) is 6.92 Å². The fourth-order valence-electron chi connectivity index (χ4n) is 4.42. The average Bonchev–Trinajstić information content (AvgIpc) is 3.00. The second-order valence-corrected chi connectivity index (χ2v) is 9.55. The molecule has 38 heavy (non-hydrogen) atoms. The number of fused-ring (bicyclic) bond motifs is 1. The summed E-state index contributed by atoms with van der Waals surface area (Å²) >= 11 is 6.17. The van der Waals surface area contributed by atoms with Crippen molar-refractivity contribution < 1.29 is 14.4 Å². The van der Waals surface area contributed by atoms with Crippen LogP contribution in [0.2, 0.25) is 5.02 Å². The van der Waals surface area contributed by atoms with Gasteiger partial charge in [-0.2, -0.15) is 0 Å². The number of aryl methyl sites for hydroxylation is 1. The van der Waals surface area contributed by atoms with E-state index in [-0.39, 0.29) is 30.6 Å². The van der Waals surface area contributed by atoms with Gasteiger partial charge in [0.15, 0.2) is 11.6 Å². The van der Waals surface area contributed by atoms with E-state index < -0.39 is 6.04 Å². The van der Waals surface area contributed by atoms with Crippen molar-refractivity contribution in [1.29, 1.82) is 0 Å². The Labute approximate surface area is 224 Å². The van der Waals surface area contributed by atoms with Crippen molar-refractivity contribution in [2.75, 3.05) is 5.32 Å². The van der Waals surface area contributed by atoms with E-state index in [1.54, 1.807) is 59.8 Å². The lowest BCUT2D eigenvalue weighted by Crippen LogP contribution is -2.44. The lowest BCUT2D eigenvalue weighted by molar-refractivity contribution is -0.122. The van der Waals surface area contributed by atoms with E-state index in [4.69, 9.17) is 11.6 Å². The number of halogens is 1. The summed E-state index contributed by atoms with van der Waals surface area (Å²) in [6.45, 7) is 2.00. The van der Waals surface area contributed by atoms with Gasteiger partial charge in [0.1, 0.15) is 0 Å². The van der Waals surface area contributed by atoms with Gasteiger partial charge >= 0.3 is 0 Å². The number of hydrogen-bond donors (Lipinski definition) is 1. The van der Waals surface area contributed by atoms with E-state index in [2.05, 4.69) is 20.3 Å². The van der Waals surface area contributed by atoms with Gasteiger partial charge in [0.25, 0.3) is 11.8 Å². The van der Waals surface area contributed by atoms with Crippen LogP contribution in [0.15, 0.2) is 79.3 Å².